The van der Waals surface area contributed by atoms with Crippen molar-refractivity contribution >= 4 is 34.3 Å². The number of oxazole rings is 1. The van der Waals surface area contributed by atoms with Gasteiger partial charge in [-0.25, -0.2) is 14.8 Å². The topological polar surface area (TPSA) is 83.3 Å². The average molecular weight is 396 g/mol. The van der Waals surface area contributed by atoms with Crippen LogP contribution in [0.4, 0.5) is 9.93 Å². The second-order valence-corrected chi connectivity index (χ2v) is 8.41. The number of nitrogens with one attached hydrogen (secondary N) is 2. The molecule has 1 aliphatic rings. The molecule has 3 heterocycles. The third-order valence-corrected chi connectivity index (χ3v) is 6.49. The van der Waals surface area contributed by atoms with Crippen molar-refractivity contribution in [3.05, 3.63) is 24.0 Å². The molecule has 1 unspecified atom stereocenters. The van der Waals surface area contributed by atoms with Gasteiger partial charge in [-0.1, -0.05) is 25.2 Å². The first-order chi connectivity index (χ1) is 12.7. The van der Waals surface area contributed by atoms with Crippen LogP contribution in [0, 0.1) is 0 Å². The summed E-state index contributed by atoms with van der Waals surface area (Å²) in [5.74, 6) is 2.26. The molecule has 7 nitrogen and oxygen atoms in total. The highest BCUT2D eigenvalue weighted by molar-refractivity contribution is 8.00. The minimum absolute atomic E-state index is 0.195. The van der Waals surface area contributed by atoms with Crippen molar-refractivity contribution in [3.63, 3.8) is 0 Å². The number of aryl methyl sites for hydroxylation is 1. The van der Waals surface area contributed by atoms with Gasteiger partial charge in [0.15, 0.2) is 5.13 Å². The summed E-state index contributed by atoms with van der Waals surface area (Å²) in [6.07, 6.45) is 6.73. The third-order valence-electron chi connectivity index (χ3n) is 4.40. The molecule has 0 saturated carbocycles. The Hall–Kier alpha value is -1.58. The van der Waals surface area contributed by atoms with Crippen molar-refractivity contribution in [1.29, 1.82) is 0 Å². The molecule has 2 aromatic heterocycles. The fraction of sp³-hybridized carbons (Fsp3) is 0.588. The van der Waals surface area contributed by atoms with E-state index in [2.05, 4.69) is 32.4 Å². The summed E-state index contributed by atoms with van der Waals surface area (Å²) in [5.41, 5.74) is 0. The number of hydrogen-bond donors (Lipinski definition) is 2. The van der Waals surface area contributed by atoms with E-state index in [1.54, 1.807) is 24.2 Å². The second kappa shape index (κ2) is 9.38. The maximum absolute atomic E-state index is 12.1. The Morgan fingerprint density at radius 3 is 3.08 bits per heavy atom. The number of aromatic nitrogens is 2. The highest BCUT2D eigenvalue weighted by Gasteiger charge is 2.23. The van der Waals surface area contributed by atoms with Crippen molar-refractivity contribution in [2.75, 3.05) is 25.0 Å². The van der Waals surface area contributed by atoms with Gasteiger partial charge >= 0.3 is 6.03 Å². The van der Waals surface area contributed by atoms with Crippen molar-refractivity contribution in [2.45, 2.75) is 49.1 Å². The number of urea groups is 1. The van der Waals surface area contributed by atoms with Crippen LogP contribution in [0.1, 0.15) is 38.3 Å². The third kappa shape index (κ3) is 5.21. The molecule has 2 amide bonds. The summed E-state index contributed by atoms with van der Waals surface area (Å²) in [6.45, 7) is 7.04. The van der Waals surface area contributed by atoms with Crippen LogP contribution < -0.4 is 10.6 Å². The Labute approximate surface area is 162 Å². The van der Waals surface area contributed by atoms with Crippen molar-refractivity contribution in [2.24, 2.45) is 0 Å². The molecular weight excluding hydrogens is 370 g/mol. The Balaban J connectivity index is 1.41. The molecule has 26 heavy (non-hydrogen) atoms. The zero-order valence-electron chi connectivity index (χ0n) is 15.2. The molecule has 0 aromatic carbocycles. The molecule has 1 saturated heterocycles. The van der Waals surface area contributed by atoms with Crippen LogP contribution in [0.3, 0.4) is 0 Å². The molecule has 0 radical (unpaired) electrons. The molecule has 2 aromatic rings. The predicted molar refractivity (Wildman–Crippen MR) is 105 cm³/mol. The number of rotatable bonds is 8. The largest absolute Gasteiger partial charge is 0.445 e. The lowest BCUT2D eigenvalue weighted by Crippen LogP contribution is -2.41. The summed E-state index contributed by atoms with van der Waals surface area (Å²) in [7, 11) is 0. The molecule has 1 aliphatic heterocycles. The molecule has 0 spiro atoms. The van der Waals surface area contributed by atoms with Crippen LogP contribution in [0.15, 0.2) is 21.0 Å². The van der Waals surface area contributed by atoms with E-state index in [1.165, 1.54) is 17.8 Å². The van der Waals surface area contributed by atoms with E-state index in [4.69, 9.17) is 4.42 Å². The standard InChI is InChI=1S/C17H25N5O2S2/c1-3-13-9-18-14(24-13)11-25-15-10-20-17(26-15)21-16(23)19-8-12-6-5-7-22(12)4-2/h9-10,12H,3-8,11H2,1-2H3,(H2,19,20,21,23). The van der Waals surface area contributed by atoms with Crippen molar-refractivity contribution in [1.82, 2.24) is 20.2 Å². The quantitative estimate of drug-likeness (QED) is 0.665. The van der Waals surface area contributed by atoms with E-state index in [9.17, 15) is 4.79 Å². The van der Waals surface area contributed by atoms with Crippen molar-refractivity contribution < 1.29 is 9.21 Å². The maximum Gasteiger partial charge on any atom is 0.321 e. The van der Waals surface area contributed by atoms with Gasteiger partial charge in [0.25, 0.3) is 0 Å². The minimum Gasteiger partial charge on any atom is -0.445 e. The van der Waals surface area contributed by atoms with Gasteiger partial charge in [0, 0.05) is 19.0 Å². The van der Waals surface area contributed by atoms with E-state index < -0.39 is 0 Å². The highest BCUT2D eigenvalue weighted by atomic mass is 32.2. The number of carbonyl (C=O) groups is 1. The lowest BCUT2D eigenvalue weighted by atomic mass is 10.2. The molecule has 0 bridgehead atoms. The number of hydrogen-bond acceptors (Lipinski definition) is 7. The van der Waals surface area contributed by atoms with E-state index >= 15 is 0 Å². The van der Waals surface area contributed by atoms with Crippen LogP contribution >= 0.6 is 23.1 Å². The lowest BCUT2D eigenvalue weighted by Gasteiger charge is -2.22. The normalized spacial score (nSPS) is 17.5. The van der Waals surface area contributed by atoms with Gasteiger partial charge < -0.3 is 9.73 Å². The number of likely N-dealkylation sites (tertiary alicyclic amines) is 1. The van der Waals surface area contributed by atoms with E-state index in [-0.39, 0.29) is 6.03 Å². The average Bonchev–Trinajstić information content (AvgIpc) is 3.38. The molecule has 9 heteroatoms. The van der Waals surface area contributed by atoms with Crippen molar-refractivity contribution in [3.8, 4) is 0 Å². The lowest BCUT2D eigenvalue weighted by molar-refractivity contribution is 0.238. The molecular formula is C17H25N5O2S2. The predicted octanol–water partition coefficient (Wildman–Crippen LogP) is 3.59. The van der Waals surface area contributed by atoms with Crippen LogP contribution in [-0.2, 0) is 12.2 Å². The zero-order chi connectivity index (χ0) is 18.4. The Kier molecular flexibility index (Phi) is 6.93. The SMILES string of the molecule is CCc1cnc(CSc2cnc(NC(=O)NCC3CCCN3CC)s2)o1. The van der Waals surface area contributed by atoms with E-state index in [0.29, 0.717) is 29.4 Å². The number of nitrogens with zero attached hydrogens (tertiary/aromatic N) is 3. The smallest absolute Gasteiger partial charge is 0.321 e. The Bertz CT molecular complexity index is 718. The molecule has 2 N–H and O–H groups in total. The molecule has 0 aliphatic carbocycles. The highest BCUT2D eigenvalue weighted by Crippen LogP contribution is 2.30. The summed E-state index contributed by atoms with van der Waals surface area (Å²) in [6, 6.07) is 0.251. The van der Waals surface area contributed by atoms with Crippen LogP contribution in [0.5, 0.6) is 0 Å². The fourth-order valence-electron chi connectivity index (χ4n) is 2.99. The van der Waals surface area contributed by atoms with Gasteiger partial charge in [-0.2, -0.15) is 0 Å². The number of thiazole rings is 1. The summed E-state index contributed by atoms with van der Waals surface area (Å²) >= 11 is 3.06. The molecule has 1 fully saturated rings. The first-order valence-corrected chi connectivity index (χ1v) is 10.8. The number of anilines is 1. The summed E-state index contributed by atoms with van der Waals surface area (Å²) < 4.78 is 6.61. The van der Waals surface area contributed by atoms with E-state index in [0.717, 1.165) is 35.9 Å². The summed E-state index contributed by atoms with van der Waals surface area (Å²) in [4.78, 5) is 23.0. The monoisotopic (exact) mass is 395 g/mol. The van der Waals surface area contributed by atoms with E-state index in [1.807, 2.05) is 6.92 Å². The van der Waals surface area contributed by atoms with Gasteiger partial charge in [-0.3, -0.25) is 10.2 Å². The second-order valence-electron chi connectivity index (χ2n) is 6.11. The Morgan fingerprint density at radius 1 is 1.42 bits per heavy atom. The van der Waals surface area contributed by atoms with Gasteiger partial charge in [0.1, 0.15) is 5.76 Å². The first-order valence-electron chi connectivity index (χ1n) is 8.99. The number of carbonyl (C=O) groups excluding carboxylic acids is 1. The fourth-order valence-corrected chi connectivity index (χ4v) is 4.71. The van der Waals surface area contributed by atoms with Gasteiger partial charge in [-0.05, 0) is 25.9 Å². The van der Waals surface area contributed by atoms with Gasteiger partial charge in [-0.15, -0.1) is 11.8 Å². The maximum atomic E-state index is 12.1. The van der Waals surface area contributed by atoms with Crippen LogP contribution in [0.2, 0.25) is 0 Å². The van der Waals surface area contributed by atoms with Crippen LogP contribution in [-0.4, -0.2) is 46.6 Å². The first kappa shape index (κ1) is 19.2. The number of amides is 2. The molecule has 1 atom stereocenters. The molecule has 142 valence electrons. The van der Waals surface area contributed by atoms with Crippen LogP contribution in [0.25, 0.3) is 0 Å². The summed E-state index contributed by atoms with van der Waals surface area (Å²) in [5, 5.41) is 6.38. The zero-order valence-corrected chi connectivity index (χ0v) is 16.8. The van der Waals surface area contributed by atoms with Gasteiger partial charge in [0.2, 0.25) is 5.89 Å². The minimum atomic E-state index is -0.195. The van der Waals surface area contributed by atoms with Gasteiger partial charge in [0.05, 0.1) is 22.4 Å². The number of thioether (sulfide) groups is 1. The Morgan fingerprint density at radius 2 is 2.31 bits per heavy atom. The molecule has 3 rings (SSSR count). The number of likely N-dealkylation sites (N-methyl/N-ethyl adjacent to an activating group) is 1.